The van der Waals surface area contributed by atoms with Crippen molar-refractivity contribution < 1.29 is 0 Å². The van der Waals surface area contributed by atoms with Crippen molar-refractivity contribution in [3.63, 3.8) is 0 Å². The number of para-hydroxylation sites is 1. The van der Waals surface area contributed by atoms with Crippen molar-refractivity contribution in [1.82, 2.24) is 15.1 Å². The van der Waals surface area contributed by atoms with Gasteiger partial charge in [0, 0.05) is 24.3 Å². The van der Waals surface area contributed by atoms with Crippen LogP contribution in [0.25, 0.3) is 5.69 Å². The second-order valence-electron chi connectivity index (χ2n) is 5.33. The Kier molecular flexibility index (Phi) is 4.35. The van der Waals surface area contributed by atoms with E-state index in [1.165, 1.54) is 0 Å². The summed E-state index contributed by atoms with van der Waals surface area (Å²) in [5.41, 5.74) is 3.52. The number of hydrogen-bond acceptors (Lipinski definition) is 3. The van der Waals surface area contributed by atoms with Crippen LogP contribution in [0.15, 0.2) is 35.1 Å². The topological polar surface area (TPSA) is 46.9 Å². The Balaban J connectivity index is 2.46. The van der Waals surface area contributed by atoms with Crippen LogP contribution in [0.3, 0.4) is 0 Å². The van der Waals surface area contributed by atoms with E-state index in [-0.39, 0.29) is 5.43 Å². The highest BCUT2D eigenvalue weighted by atomic mass is 16.1. The van der Waals surface area contributed by atoms with Gasteiger partial charge in [0.2, 0.25) is 5.43 Å². The molecule has 1 aromatic heterocycles. The highest BCUT2D eigenvalue weighted by Gasteiger charge is 2.09. The molecule has 2 aromatic rings. The Morgan fingerprint density at radius 1 is 1.25 bits per heavy atom. The normalized spacial score (nSPS) is 11.1. The lowest BCUT2D eigenvalue weighted by molar-refractivity contribution is 0.568. The summed E-state index contributed by atoms with van der Waals surface area (Å²) in [7, 11) is 0. The van der Waals surface area contributed by atoms with Gasteiger partial charge in [0.15, 0.2) is 0 Å². The Hall–Kier alpha value is -1.94. The minimum absolute atomic E-state index is 0.0134. The summed E-state index contributed by atoms with van der Waals surface area (Å²) in [5, 5.41) is 7.76. The molecule has 0 aliphatic carbocycles. The molecule has 0 amide bonds. The third-order valence-corrected chi connectivity index (χ3v) is 3.20. The van der Waals surface area contributed by atoms with Crippen molar-refractivity contribution >= 4 is 0 Å². The van der Waals surface area contributed by atoms with Gasteiger partial charge in [-0.1, -0.05) is 32.0 Å². The minimum atomic E-state index is -0.0134. The van der Waals surface area contributed by atoms with Crippen LogP contribution in [-0.4, -0.2) is 15.8 Å². The fraction of sp³-hybridized carbons (Fsp3) is 0.375. The van der Waals surface area contributed by atoms with Crippen LogP contribution in [0.4, 0.5) is 0 Å². The minimum Gasteiger partial charge on any atom is -0.309 e. The van der Waals surface area contributed by atoms with Crippen LogP contribution in [0, 0.1) is 13.8 Å². The first-order valence-electron chi connectivity index (χ1n) is 6.88. The van der Waals surface area contributed by atoms with E-state index in [1.54, 1.807) is 6.07 Å². The van der Waals surface area contributed by atoms with Crippen LogP contribution in [-0.2, 0) is 6.54 Å². The van der Waals surface area contributed by atoms with Gasteiger partial charge in [-0.25, -0.2) is 4.68 Å². The molecule has 0 aliphatic rings. The summed E-state index contributed by atoms with van der Waals surface area (Å²) in [5.74, 6) is 0. The molecule has 0 spiro atoms. The summed E-state index contributed by atoms with van der Waals surface area (Å²) in [6.45, 7) is 8.53. The Bertz CT molecular complexity index is 659. The van der Waals surface area contributed by atoms with Crippen molar-refractivity contribution in [2.45, 2.75) is 40.3 Å². The number of aryl methyl sites for hydroxylation is 2. The molecule has 0 fully saturated rings. The number of aromatic nitrogens is 2. The smallest absolute Gasteiger partial charge is 0.204 e. The van der Waals surface area contributed by atoms with E-state index in [9.17, 15) is 4.79 Å². The molecule has 1 aromatic carbocycles. The summed E-state index contributed by atoms with van der Waals surface area (Å²) >= 11 is 0. The molecule has 0 aliphatic heterocycles. The maximum atomic E-state index is 12.0. The molecule has 0 atom stereocenters. The number of benzene rings is 1. The van der Waals surface area contributed by atoms with Gasteiger partial charge in [-0.05, 0) is 25.5 Å². The quantitative estimate of drug-likeness (QED) is 0.928. The highest BCUT2D eigenvalue weighted by Crippen LogP contribution is 2.13. The molecule has 4 nitrogen and oxygen atoms in total. The van der Waals surface area contributed by atoms with Crippen molar-refractivity contribution in [3.8, 4) is 5.69 Å². The molecule has 2 rings (SSSR count). The van der Waals surface area contributed by atoms with E-state index in [0.717, 1.165) is 16.9 Å². The summed E-state index contributed by atoms with van der Waals surface area (Å²) in [4.78, 5) is 12.0. The average molecular weight is 271 g/mol. The fourth-order valence-corrected chi connectivity index (χ4v) is 2.05. The van der Waals surface area contributed by atoms with E-state index in [1.807, 2.05) is 56.6 Å². The molecule has 1 N–H and O–H groups in total. The van der Waals surface area contributed by atoms with Crippen LogP contribution in [0.1, 0.15) is 30.8 Å². The Morgan fingerprint density at radius 2 is 1.95 bits per heavy atom. The van der Waals surface area contributed by atoms with Gasteiger partial charge in [-0.3, -0.25) is 4.79 Å². The summed E-state index contributed by atoms with van der Waals surface area (Å²) < 4.78 is 1.84. The lowest BCUT2D eigenvalue weighted by Crippen LogP contribution is -2.28. The van der Waals surface area contributed by atoms with E-state index >= 15 is 0 Å². The highest BCUT2D eigenvalue weighted by molar-refractivity contribution is 5.40. The first kappa shape index (κ1) is 14.5. The second kappa shape index (κ2) is 6.01. The van der Waals surface area contributed by atoms with Crippen molar-refractivity contribution in [3.05, 3.63) is 57.5 Å². The molecule has 20 heavy (non-hydrogen) atoms. The van der Waals surface area contributed by atoms with Crippen LogP contribution >= 0.6 is 0 Å². The van der Waals surface area contributed by atoms with Gasteiger partial charge >= 0.3 is 0 Å². The first-order chi connectivity index (χ1) is 9.49. The number of nitrogens with zero attached hydrogens (tertiary/aromatic N) is 2. The van der Waals surface area contributed by atoms with Gasteiger partial charge in [0.05, 0.1) is 5.69 Å². The van der Waals surface area contributed by atoms with Gasteiger partial charge in [0.1, 0.15) is 5.69 Å². The Morgan fingerprint density at radius 3 is 2.60 bits per heavy atom. The van der Waals surface area contributed by atoms with Crippen LogP contribution in [0.5, 0.6) is 0 Å². The van der Waals surface area contributed by atoms with Crippen LogP contribution < -0.4 is 10.7 Å². The van der Waals surface area contributed by atoms with Gasteiger partial charge in [-0.2, -0.15) is 5.10 Å². The third-order valence-electron chi connectivity index (χ3n) is 3.20. The first-order valence-corrected chi connectivity index (χ1v) is 6.88. The zero-order valence-electron chi connectivity index (χ0n) is 12.5. The average Bonchev–Trinajstić information content (AvgIpc) is 2.39. The lowest BCUT2D eigenvalue weighted by Gasteiger charge is -2.14. The zero-order valence-corrected chi connectivity index (χ0v) is 12.5. The van der Waals surface area contributed by atoms with Crippen molar-refractivity contribution in [1.29, 1.82) is 0 Å². The standard InChI is InChI=1S/C16H21N3O/c1-11(2)17-10-14-16(20)9-13(4)19(18-14)15-8-6-5-7-12(15)3/h5-9,11,17H,10H2,1-4H3. The lowest BCUT2D eigenvalue weighted by atomic mass is 10.2. The molecular formula is C16H21N3O. The molecular weight excluding hydrogens is 250 g/mol. The van der Waals surface area contributed by atoms with Crippen molar-refractivity contribution in [2.75, 3.05) is 0 Å². The maximum Gasteiger partial charge on any atom is 0.204 e. The molecule has 4 heteroatoms. The van der Waals surface area contributed by atoms with Gasteiger partial charge in [-0.15, -0.1) is 0 Å². The van der Waals surface area contributed by atoms with Crippen LogP contribution in [0.2, 0.25) is 0 Å². The monoisotopic (exact) mass is 271 g/mol. The largest absolute Gasteiger partial charge is 0.309 e. The summed E-state index contributed by atoms with van der Waals surface area (Å²) in [6.07, 6.45) is 0. The molecule has 106 valence electrons. The van der Waals surface area contributed by atoms with Gasteiger partial charge in [0.25, 0.3) is 0 Å². The molecule has 1 heterocycles. The maximum absolute atomic E-state index is 12.0. The van der Waals surface area contributed by atoms with E-state index in [2.05, 4.69) is 10.4 Å². The van der Waals surface area contributed by atoms with E-state index in [0.29, 0.717) is 18.3 Å². The molecule has 0 saturated carbocycles. The molecule has 0 saturated heterocycles. The predicted octanol–water partition coefficient (Wildman–Crippen LogP) is 2.35. The number of nitrogens with one attached hydrogen (secondary N) is 1. The molecule has 0 radical (unpaired) electrons. The Labute approximate surface area is 119 Å². The molecule has 0 bridgehead atoms. The van der Waals surface area contributed by atoms with Gasteiger partial charge < -0.3 is 5.32 Å². The molecule has 0 unspecified atom stereocenters. The fourth-order valence-electron chi connectivity index (χ4n) is 2.05. The summed E-state index contributed by atoms with van der Waals surface area (Å²) in [6, 6.07) is 10.0. The van der Waals surface area contributed by atoms with E-state index < -0.39 is 0 Å². The zero-order chi connectivity index (χ0) is 14.7. The SMILES string of the molecule is Cc1ccccc1-n1nc(CNC(C)C)c(=O)cc1C. The predicted molar refractivity (Wildman–Crippen MR) is 81.3 cm³/mol. The second-order valence-corrected chi connectivity index (χ2v) is 5.33. The number of rotatable bonds is 4. The van der Waals surface area contributed by atoms with Crippen molar-refractivity contribution in [2.24, 2.45) is 0 Å². The van der Waals surface area contributed by atoms with E-state index in [4.69, 9.17) is 0 Å². The third kappa shape index (κ3) is 3.14. The number of hydrogen-bond donors (Lipinski definition) is 1.